The van der Waals surface area contributed by atoms with Gasteiger partial charge < -0.3 is 9.47 Å². The molecule has 0 aliphatic heterocycles. The van der Waals surface area contributed by atoms with E-state index in [0.29, 0.717) is 5.75 Å². The number of halogens is 1. The molecule has 0 saturated carbocycles. The minimum atomic E-state index is 0. The van der Waals surface area contributed by atoms with Crippen LogP contribution in [0.2, 0.25) is 0 Å². The van der Waals surface area contributed by atoms with E-state index in [2.05, 4.69) is 15.5 Å². The van der Waals surface area contributed by atoms with Crippen LogP contribution in [-0.2, 0) is 0 Å². The van der Waals surface area contributed by atoms with E-state index in [-0.39, 0.29) is 17.0 Å². The van der Waals surface area contributed by atoms with E-state index in [4.69, 9.17) is 9.47 Å². The summed E-state index contributed by atoms with van der Waals surface area (Å²) in [5, 5.41) is 6.97. The zero-order chi connectivity index (χ0) is 16.8. The summed E-state index contributed by atoms with van der Waals surface area (Å²) < 4.78 is 10.5. The molecule has 2 aromatic carbocycles. The summed E-state index contributed by atoms with van der Waals surface area (Å²) in [5.41, 5.74) is 5.82. The number of rotatable bonds is 6. The van der Waals surface area contributed by atoms with Gasteiger partial charge in [0.15, 0.2) is 0 Å². The monoisotopic (exact) mass is 419 g/mol. The Labute approximate surface area is 161 Å². The molecule has 0 aliphatic carbocycles. The third-order valence-corrected chi connectivity index (χ3v) is 4.13. The van der Waals surface area contributed by atoms with E-state index < -0.39 is 0 Å². The molecule has 5 nitrogen and oxygen atoms in total. The zero-order valence-electron chi connectivity index (χ0n) is 13.8. The lowest BCUT2D eigenvalue weighted by Gasteiger charge is -2.06. The van der Waals surface area contributed by atoms with Crippen molar-refractivity contribution in [2.45, 2.75) is 0 Å². The Morgan fingerprint density at radius 2 is 1.88 bits per heavy atom. The topological polar surface area (TPSA) is 55.7 Å². The Balaban J connectivity index is 0.00000225. The van der Waals surface area contributed by atoms with Gasteiger partial charge in [-0.15, -0.1) is 28.3 Å². The molecule has 0 saturated heterocycles. The molecule has 1 aromatic heterocycles. The Morgan fingerprint density at radius 3 is 2.60 bits per heavy atom. The van der Waals surface area contributed by atoms with Crippen LogP contribution in [0.5, 0.6) is 11.5 Å². The number of ether oxygens (including phenoxy) is 2. The molecule has 0 fully saturated rings. The summed E-state index contributed by atoms with van der Waals surface area (Å²) >= 11 is 1.51. The molecule has 3 aromatic rings. The average molecular weight is 420 g/mol. The van der Waals surface area contributed by atoms with Crippen molar-refractivity contribution in [3.63, 3.8) is 0 Å². The van der Waals surface area contributed by atoms with Crippen molar-refractivity contribution in [2.24, 2.45) is 5.10 Å². The van der Waals surface area contributed by atoms with Crippen LogP contribution in [0.3, 0.4) is 0 Å². The third kappa shape index (κ3) is 4.80. The van der Waals surface area contributed by atoms with Gasteiger partial charge in [-0.1, -0.05) is 30.3 Å². The summed E-state index contributed by atoms with van der Waals surface area (Å²) in [6.45, 7) is 0. The second-order valence-corrected chi connectivity index (χ2v) is 5.74. The molecule has 7 heteroatoms. The van der Waals surface area contributed by atoms with Gasteiger partial charge in [0, 0.05) is 22.6 Å². The van der Waals surface area contributed by atoms with Crippen molar-refractivity contribution < 1.29 is 9.47 Å². The van der Waals surface area contributed by atoms with E-state index in [9.17, 15) is 0 Å². The van der Waals surface area contributed by atoms with Crippen LogP contribution < -0.4 is 14.9 Å². The van der Waals surface area contributed by atoms with Crippen molar-refractivity contribution in [3.8, 4) is 22.8 Å². The smallest absolute Gasteiger partial charge is 0.203 e. The number of nitrogens with zero attached hydrogens (tertiary/aromatic N) is 2. The van der Waals surface area contributed by atoms with E-state index in [1.165, 1.54) is 11.3 Å². The van der Waals surface area contributed by atoms with Gasteiger partial charge in [0.1, 0.15) is 11.5 Å². The molecule has 1 heterocycles. The molecular formula is C18H18BrN3O2S. The van der Waals surface area contributed by atoms with E-state index >= 15 is 0 Å². The van der Waals surface area contributed by atoms with Crippen LogP contribution in [0.4, 0.5) is 5.13 Å². The van der Waals surface area contributed by atoms with E-state index in [1.807, 2.05) is 53.9 Å². The number of hydrogen-bond donors (Lipinski definition) is 1. The van der Waals surface area contributed by atoms with Crippen LogP contribution in [0.25, 0.3) is 11.3 Å². The van der Waals surface area contributed by atoms with Crippen LogP contribution in [0.1, 0.15) is 5.56 Å². The van der Waals surface area contributed by atoms with Crippen LogP contribution in [-0.4, -0.2) is 25.4 Å². The second kappa shape index (κ2) is 9.19. The number of hydrazone groups is 1. The van der Waals surface area contributed by atoms with Gasteiger partial charge in [-0.2, -0.15) is 5.10 Å². The Hall–Kier alpha value is -2.38. The highest BCUT2D eigenvalue weighted by molar-refractivity contribution is 8.93. The van der Waals surface area contributed by atoms with Crippen molar-refractivity contribution in [2.75, 3.05) is 19.6 Å². The van der Waals surface area contributed by atoms with Gasteiger partial charge in [0.05, 0.1) is 26.1 Å². The van der Waals surface area contributed by atoms with Crippen LogP contribution >= 0.6 is 28.3 Å². The molecule has 130 valence electrons. The van der Waals surface area contributed by atoms with Crippen LogP contribution in [0, 0.1) is 0 Å². The lowest BCUT2D eigenvalue weighted by Crippen LogP contribution is -1.95. The lowest BCUT2D eigenvalue weighted by molar-refractivity contribution is 0.394. The first-order chi connectivity index (χ1) is 11.8. The number of nitrogens with one attached hydrogen (secondary N) is 1. The van der Waals surface area contributed by atoms with E-state index in [0.717, 1.165) is 27.7 Å². The molecule has 1 N–H and O–H groups in total. The van der Waals surface area contributed by atoms with Crippen molar-refractivity contribution in [1.82, 2.24) is 4.98 Å². The molecule has 0 atom stereocenters. The van der Waals surface area contributed by atoms with E-state index in [1.54, 1.807) is 20.4 Å². The molecule has 25 heavy (non-hydrogen) atoms. The van der Waals surface area contributed by atoms with Gasteiger partial charge in [-0.25, -0.2) is 4.98 Å². The molecular weight excluding hydrogens is 402 g/mol. The lowest BCUT2D eigenvalue weighted by atomic mass is 10.2. The summed E-state index contributed by atoms with van der Waals surface area (Å²) in [4.78, 5) is 4.52. The second-order valence-electron chi connectivity index (χ2n) is 4.88. The summed E-state index contributed by atoms with van der Waals surface area (Å²) in [6, 6.07) is 15.6. The molecule has 0 amide bonds. The molecule has 0 radical (unpaired) electrons. The molecule has 0 aliphatic rings. The first-order valence-corrected chi connectivity index (χ1v) is 8.20. The highest BCUT2D eigenvalue weighted by atomic mass is 79.9. The number of benzene rings is 2. The SMILES string of the molecule is Br.COc1ccc(C=NNc2nc(-c3ccccc3)cs2)c(OC)c1. The number of hydrogen-bond acceptors (Lipinski definition) is 6. The van der Waals surface area contributed by atoms with Gasteiger partial charge in [0.2, 0.25) is 5.13 Å². The van der Waals surface area contributed by atoms with Gasteiger partial charge >= 0.3 is 0 Å². The maximum atomic E-state index is 5.34. The standard InChI is InChI=1S/C18H17N3O2S.BrH/c1-22-15-9-8-14(17(10-15)23-2)11-19-21-18-20-16(12-24-18)13-6-4-3-5-7-13;/h3-12H,1-2H3,(H,20,21);1H. The summed E-state index contributed by atoms with van der Waals surface area (Å²) in [5.74, 6) is 1.44. The van der Waals surface area contributed by atoms with Gasteiger partial charge in [0.25, 0.3) is 0 Å². The van der Waals surface area contributed by atoms with Gasteiger partial charge in [-0.05, 0) is 12.1 Å². The quantitative estimate of drug-likeness (QED) is 0.458. The predicted molar refractivity (Wildman–Crippen MR) is 109 cm³/mol. The molecule has 0 unspecified atom stereocenters. The Kier molecular flexibility index (Phi) is 6.97. The number of thiazole rings is 1. The first-order valence-electron chi connectivity index (χ1n) is 7.32. The first kappa shape index (κ1) is 19.0. The number of methoxy groups -OCH3 is 2. The number of anilines is 1. The normalized spacial score (nSPS) is 10.3. The molecule has 0 spiro atoms. The largest absolute Gasteiger partial charge is 0.497 e. The zero-order valence-corrected chi connectivity index (χ0v) is 16.3. The summed E-state index contributed by atoms with van der Waals surface area (Å²) in [7, 11) is 3.24. The Bertz CT molecular complexity index is 837. The highest BCUT2D eigenvalue weighted by Crippen LogP contribution is 2.25. The van der Waals surface area contributed by atoms with Crippen LogP contribution in [0.15, 0.2) is 59.0 Å². The number of aromatic nitrogens is 1. The Morgan fingerprint density at radius 1 is 1.08 bits per heavy atom. The van der Waals surface area contributed by atoms with Crippen molar-refractivity contribution >= 4 is 39.7 Å². The van der Waals surface area contributed by atoms with Crippen molar-refractivity contribution in [1.29, 1.82) is 0 Å². The minimum Gasteiger partial charge on any atom is -0.497 e. The fourth-order valence-electron chi connectivity index (χ4n) is 2.15. The molecule has 0 bridgehead atoms. The highest BCUT2D eigenvalue weighted by Gasteiger charge is 2.04. The maximum absolute atomic E-state index is 5.34. The molecule has 3 rings (SSSR count). The minimum absolute atomic E-state index is 0. The van der Waals surface area contributed by atoms with Crippen molar-refractivity contribution in [3.05, 3.63) is 59.5 Å². The third-order valence-electron chi connectivity index (χ3n) is 3.38. The average Bonchev–Trinajstić information content (AvgIpc) is 3.11. The maximum Gasteiger partial charge on any atom is 0.203 e. The van der Waals surface area contributed by atoms with Gasteiger partial charge in [-0.3, -0.25) is 5.43 Å². The predicted octanol–water partition coefficient (Wildman–Crippen LogP) is 4.85. The summed E-state index contributed by atoms with van der Waals surface area (Å²) in [6.07, 6.45) is 1.70. The fraction of sp³-hybridized carbons (Fsp3) is 0.111. The fourth-order valence-corrected chi connectivity index (χ4v) is 2.82.